The molecule has 1 N–H and O–H groups in total. The number of hydrogen-bond acceptors (Lipinski definition) is 5. The summed E-state index contributed by atoms with van der Waals surface area (Å²) in [5.74, 6) is -0.721. The summed E-state index contributed by atoms with van der Waals surface area (Å²) >= 11 is 12.7. The fourth-order valence-electron chi connectivity index (χ4n) is 2.06. The number of amides is 1. The van der Waals surface area contributed by atoms with Gasteiger partial charge in [-0.1, -0.05) is 23.7 Å². The van der Waals surface area contributed by atoms with Gasteiger partial charge in [-0.25, -0.2) is 4.79 Å². The predicted molar refractivity (Wildman–Crippen MR) is 113 cm³/mol. The number of ether oxygens (including phenoxy) is 2. The molecule has 0 heterocycles. The number of rotatable bonds is 6. The number of nitriles is 1. The van der Waals surface area contributed by atoms with Gasteiger partial charge in [0.2, 0.25) is 0 Å². The molecule has 2 rings (SSSR count). The quantitative estimate of drug-likeness (QED) is 0.325. The van der Waals surface area contributed by atoms with Crippen LogP contribution in [0, 0.1) is 11.3 Å². The normalized spacial score (nSPS) is 10.8. The number of hydrogen-bond donors (Lipinski definition) is 1. The van der Waals surface area contributed by atoms with Crippen LogP contribution in [0.15, 0.2) is 50.9 Å². The van der Waals surface area contributed by atoms with Gasteiger partial charge >= 0.3 is 5.97 Å². The first kappa shape index (κ1) is 22.0. The van der Waals surface area contributed by atoms with E-state index >= 15 is 0 Å². The third-order valence-corrected chi connectivity index (χ3v) is 4.89. The molecule has 0 atom stereocenters. The Morgan fingerprint density at radius 3 is 2.46 bits per heavy atom. The Labute approximate surface area is 183 Å². The second-order valence-corrected chi connectivity index (χ2v) is 7.40. The first-order valence-corrected chi connectivity index (χ1v) is 9.68. The van der Waals surface area contributed by atoms with Gasteiger partial charge in [0, 0.05) is 0 Å². The van der Waals surface area contributed by atoms with Crippen molar-refractivity contribution in [3.8, 4) is 11.8 Å². The average Bonchev–Trinajstić information content (AvgIpc) is 2.66. The van der Waals surface area contributed by atoms with Crippen LogP contribution in [0.4, 0.5) is 5.69 Å². The summed E-state index contributed by atoms with van der Waals surface area (Å²) in [5.41, 5.74) is 0.862. The van der Waals surface area contributed by atoms with Crippen molar-refractivity contribution in [1.82, 2.24) is 0 Å². The fraction of sp³-hybridized carbons (Fsp3) is 0.105. The number of nitrogens with zero attached hydrogens (tertiary/aromatic N) is 1. The van der Waals surface area contributed by atoms with Crippen LogP contribution in [-0.2, 0) is 14.3 Å². The highest BCUT2D eigenvalue weighted by Gasteiger charge is 2.14. The first-order valence-electron chi connectivity index (χ1n) is 7.72. The molecule has 28 heavy (non-hydrogen) atoms. The van der Waals surface area contributed by atoms with E-state index in [1.165, 1.54) is 13.2 Å². The van der Waals surface area contributed by atoms with E-state index in [1.807, 2.05) is 6.07 Å². The Bertz CT molecular complexity index is 963. The molecule has 6 nitrogen and oxygen atoms in total. The summed E-state index contributed by atoms with van der Waals surface area (Å²) in [7, 11) is 1.26. The smallest absolute Gasteiger partial charge is 0.343 e. The number of halogens is 3. The standard InChI is InChI=1S/C19H13Br2ClN2O4/c1-27-17(25)10-28-18-13(20)7-11(8-14(18)21)6-12(9-23)19(26)24-16-5-3-2-4-15(16)22/h2-8H,10H2,1H3,(H,24,26)/b12-6+. The minimum Gasteiger partial charge on any atom is -0.480 e. The lowest BCUT2D eigenvalue weighted by Crippen LogP contribution is -2.14. The number of para-hydroxylation sites is 1. The predicted octanol–water partition coefficient (Wildman–Crippen LogP) is 4.96. The Morgan fingerprint density at radius 2 is 1.89 bits per heavy atom. The Morgan fingerprint density at radius 1 is 1.25 bits per heavy atom. The van der Waals surface area contributed by atoms with Crippen LogP contribution < -0.4 is 10.1 Å². The monoisotopic (exact) mass is 526 g/mol. The average molecular weight is 529 g/mol. The molecule has 0 aliphatic carbocycles. The van der Waals surface area contributed by atoms with Gasteiger partial charge in [-0.3, -0.25) is 4.79 Å². The van der Waals surface area contributed by atoms with Gasteiger partial charge < -0.3 is 14.8 Å². The molecular formula is C19H13Br2ClN2O4. The van der Waals surface area contributed by atoms with E-state index in [0.29, 0.717) is 31.0 Å². The van der Waals surface area contributed by atoms with E-state index in [1.54, 1.807) is 36.4 Å². The molecule has 0 saturated heterocycles. The Hall–Kier alpha value is -2.34. The molecular weight excluding hydrogens is 515 g/mol. The third-order valence-electron chi connectivity index (χ3n) is 3.38. The van der Waals surface area contributed by atoms with E-state index in [-0.39, 0.29) is 12.2 Å². The number of esters is 1. The van der Waals surface area contributed by atoms with Crippen molar-refractivity contribution in [1.29, 1.82) is 5.26 Å². The molecule has 144 valence electrons. The van der Waals surface area contributed by atoms with Gasteiger partial charge in [0.15, 0.2) is 6.61 Å². The molecule has 0 aliphatic heterocycles. The summed E-state index contributed by atoms with van der Waals surface area (Å²) in [6, 6.07) is 11.9. The van der Waals surface area contributed by atoms with Gasteiger partial charge in [-0.2, -0.15) is 5.26 Å². The summed E-state index contributed by atoms with van der Waals surface area (Å²) in [4.78, 5) is 23.6. The van der Waals surface area contributed by atoms with Crippen LogP contribution in [0.3, 0.4) is 0 Å². The van der Waals surface area contributed by atoms with Crippen molar-refractivity contribution in [2.75, 3.05) is 19.0 Å². The van der Waals surface area contributed by atoms with Gasteiger partial charge in [0.1, 0.15) is 17.4 Å². The largest absolute Gasteiger partial charge is 0.480 e. The number of anilines is 1. The SMILES string of the molecule is COC(=O)COc1c(Br)cc(/C=C(\C#N)C(=O)Nc2ccccc2Cl)cc1Br. The number of benzene rings is 2. The first-order chi connectivity index (χ1) is 13.3. The topological polar surface area (TPSA) is 88.4 Å². The van der Waals surface area contributed by atoms with Crippen molar-refractivity contribution < 1.29 is 19.1 Å². The summed E-state index contributed by atoms with van der Waals surface area (Å²) in [5, 5.41) is 12.3. The van der Waals surface area contributed by atoms with Gasteiger partial charge in [-0.15, -0.1) is 0 Å². The van der Waals surface area contributed by atoms with Crippen LogP contribution >= 0.6 is 43.5 Å². The zero-order valence-corrected chi connectivity index (χ0v) is 18.4. The van der Waals surface area contributed by atoms with Gasteiger partial charge in [0.25, 0.3) is 5.91 Å². The van der Waals surface area contributed by atoms with Crippen LogP contribution in [-0.4, -0.2) is 25.6 Å². The van der Waals surface area contributed by atoms with Crippen LogP contribution in [0.25, 0.3) is 6.08 Å². The van der Waals surface area contributed by atoms with Gasteiger partial charge in [0.05, 0.1) is 26.8 Å². The molecule has 0 bridgehead atoms. The molecule has 2 aromatic carbocycles. The van der Waals surface area contributed by atoms with E-state index < -0.39 is 11.9 Å². The highest BCUT2D eigenvalue weighted by molar-refractivity contribution is 9.11. The minimum absolute atomic E-state index is 0.109. The zero-order valence-electron chi connectivity index (χ0n) is 14.5. The summed E-state index contributed by atoms with van der Waals surface area (Å²) in [6.45, 7) is -0.257. The van der Waals surface area contributed by atoms with Crippen molar-refractivity contribution in [3.63, 3.8) is 0 Å². The van der Waals surface area contributed by atoms with Crippen molar-refractivity contribution in [3.05, 3.63) is 61.5 Å². The number of carbonyl (C=O) groups excluding carboxylic acids is 2. The molecule has 9 heteroatoms. The molecule has 1 amide bonds. The van der Waals surface area contributed by atoms with E-state index in [4.69, 9.17) is 16.3 Å². The summed E-state index contributed by atoms with van der Waals surface area (Å²) < 4.78 is 11.0. The molecule has 0 aromatic heterocycles. The minimum atomic E-state index is -0.589. The van der Waals surface area contributed by atoms with Crippen LogP contribution in [0.1, 0.15) is 5.56 Å². The number of nitrogens with one attached hydrogen (secondary N) is 1. The van der Waals surface area contributed by atoms with Crippen molar-refractivity contribution in [2.24, 2.45) is 0 Å². The maximum absolute atomic E-state index is 12.4. The summed E-state index contributed by atoms with van der Waals surface area (Å²) in [6.07, 6.45) is 1.42. The van der Waals surface area contributed by atoms with Crippen molar-refractivity contribution >= 4 is 67.1 Å². The second kappa shape index (κ2) is 10.3. The van der Waals surface area contributed by atoms with E-state index in [2.05, 4.69) is 41.9 Å². The van der Waals surface area contributed by atoms with Crippen LogP contribution in [0.5, 0.6) is 5.75 Å². The highest BCUT2D eigenvalue weighted by Crippen LogP contribution is 2.35. The molecule has 0 unspecified atom stereocenters. The number of methoxy groups -OCH3 is 1. The number of carbonyl (C=O) groups is 2. The Balaban J connectivity index is 2.24. The highest BCUT2D eigenvalue weighted by atomic mass is 79.9. The lowest BCUT2D eigenvalue weighted by atomic mass is 10.1. The molecule has 0 saturated carbocycles. The van der Waals surface area contributed by atoms with Crippen LogP contribution in [0.2, 0.25) is 5.02 Å². The Kier molecular flexibility index (Phi) is 8.05. The lowest BCUT2D eigenvalue weighted by Gasteiger charge is -2.11. The second-order valence-electron chi connectivity index (χ2n) is 5.28. The maximum atomic E-state index is 12.4. The third kappa shape index (κ3) is 5.83. The van der Waals surface area contributed by atoms with Crippen molar-refractivity contribution in [2.45, 2.75) is 0 Å². The molecule has 2 aromatic rings. The fourth-order valence-corrected chi connectivity index (χ4v) is 3.69. The molecule has 0 fully saturated rings. The maximum Gasteiger partial charge on any atom is 0.343 e. The molecule has 0 aliphatic rings. The lowest BCUT2D eigenvalue weighted by molar-refractivity contribution is -0.142. The van der Waals surface area contributed by atoms with E-state index in [9.17, 15) is 14.9 Å². The van der Waals surface area contributed by atoms with E-state index in [0.717, 1.165) is 0 Å². The molecule has 0 radical (unpaired) electrons. The molecule has 0 spiro atoms. The zero-order chi connectivity index (χ0) is 20.7. The van der Waals surface area contributed by atoms with Gasteiger partial charge in [-0.05, 0) is 67.8 Å².